The van der Waals surface area contributed by atoms with Gasteiger partial charge in [-0.1, -0.05) is 12.1 Å². The Morgan fingerprint density at radius 3 is 2.64 bits per heavy atom. The number of carboxylic acid groups (broad SMARTS) is 1. The number of fused-ring (bicyclic) bond motifs is 2. The molecular weight excluding hydrogens is 370 g/mol. The van der Waals surface area contributed by atoms with Crippen LogP contribution in [0, 0.1) is 0 Å². The van der Waals surface area contributed by atoms with Gasteiger partial charge < -0.3 is 9.84 Å². The highest BCUT2D eigenvalue weighted by Gasteiger charge is 2.21. The van der Waals surface area contributed by atoms with Crippen molar-refractivity contribution in [3.8, 4) is 5.75 Å². The van der Waals surface area contributed by atoms with E-state index < -0.39 is 12.6 Å². The fraction of sp³-hybridized carbons (Fsp3) is 0.150. The molecule has 2 heterocycles. The Morgan fingerprint density at radius 2 is 1.96 bits per heavy atom. The summed E-state index contributed by atoms with van der Waals surface area (Å²) in [6.45, 7) is -2.41. The molecule has 0 aliphatic carbocycles. The summed E-state index contributed by atoms with van der Waals surface area (Å²) in [6.07, 6.45) is 2.41. The molecule has 6 nitrogen and oxygen atoms in total. The van der Waals surface area contributed by atoms with Crippen LogP contribution in [-0.4, -0.2) is 27.2 Å². The van der Waals surface area contributed by atoms with Gasteiger partial charge in [0, 0.05) is 6.54 Å². The van der Waals surface area contributed by atoms with Gasteiger partial charge in [-0.25, -0.2) is 9.78 Å². The zero-order chi connectivity index (χ0) is 19.8. The number of ether oxygens (including phenoxy) is 1. The minimum absolute atomic E-state index is 0.0579. The number of rotatable bonds is 4. The van der Waals surface area contributed by atoms with Crippen LogP contribution in [0.5, 0.6) is 5.75 Å². The summed E-state index contributed by atoms with van der Waals surface area (Å²) in [7, 11) is 0. The first-order chi connectivity index (χ1) is 13.4. The molecule has 28 heavy (non-hydrogen) atoms. The second-order valence-electron chi connectivity index (χ2n) is 6.30. The van der Waals surface area contributed by atoms with E-state index in [-0.39, 0.29) is 16.9 Å². The average molecular weight is 384 g/mol. The number of benzene rings is 2. The Hall–Kier alpha value is -3.55. The van der Waals surface area contributed by atoms with E-state index in [0.717, 1.165) is 11.1 Å². The van der Waals surface area contributed by atoms with Gasteiger partial charge in [0.05, 0.1) is 16.5 Å². The molecule has 0 amide bonds. The van der Waals surface area contributed by atoms with Crippen LogP contribution in [0.15, 0.2) is 47.3 Å². The lowest BCUT2D eigenvalue weighted by atomic mass is 10.1. The lowest BCUT2D eigenvalue weighted by Crippen LogP contribution is -2.20. The molecule has 0 saturated heterocycles. The summed E-state index contributed by atoms with van der Waals surface area (Å²) in [4.78, 5) is 28.4. The lowest BCUT2D eigenvalue weighted by molar-refractivity contribution is -0.0498. The number of allylic oxidation sites excluding steroid dienone is 1. The Kier molecular flexibility index (Phi) is 4.38. The molecular formula is C20H14F2N2O4. The maximum absolute atomic E-state index is 12.7. The number of alkyl halides is 2. The van der Waals surface area contributed by atoms with E-state index in [4.69, 9.17) is 5.11 Å². The molecule has 142 valence electrons. The van der Waals surface area contributed by atoms with Crippen molar-refractivity contribution in [2.45, 2.75) is 19.6 Å². The van der Waals surface area contributed by atoms with Crippen molar-refractivity contribution in [1.82, 2.24) is 9.55 Å². The zero-order valence-corrected chi connectivity index (χ0v) is 14.4. The molecule has 0 saturated carbocycles. The highest BCUT2D eigenvalue weighted by Crippen LogP contribution is 2.28. The normalized spacial score (nSPS) is 14.6. The third-order valence-corrected chi connectivity index (χ3v) is 4.54. The lowest BCUT2D eigenvalue weighted by Gasteiger charge is -2.07. The van der Waals surface area contributed by atoms with E-state index in [2.05, 4.69) is 9.72 Å². The smallest absolute Gasteiger partial charge is 0.387 e. The Bertz CT molecular complexity index is 1170. The quantitative estimate of drug-likeness (QED) is 0.743. The molecule has 0 fully saturated rings. The van der Waals surface area contributed by atoms with E-state index >= 15 is 0 Å². The highest BCUT2D eigenvalue weighted by atomic mass is 19.3. The third kappa shape index (κ3) is 3.24. The number of halogens is 2. The van der Waals surface area contributed by atoms with Crippen LogP contribution in [0.1, 0.15) is 28.2 Å². The summed E-state index contributed by atoms with van der Waals surface area (Å²) < 4.78 is 30.4. The fourth-order valence-corrected chi connectivity index (χ4v) is 3.23. The van der Waals surface area contributed by atoms with Crippen molar-refractivity contribution < 1.29 is 23.4 Å². The first-order valence-electron chi connectivity index (χ1n) is 8.46. The number of aromatic nitrogens is 2. The molecule has 2 aromatic carbocycles. The number of carboxylic acids is 1. The predicted molar refractivity (Wildman–Crippen MR) is 98.5 cm³/mol. The second kappa shape index (κ2) is 6.88. The number of hydrogen-bond donors (Lipinski definition) is 1. The number of hydrogen-bond acceptors (Lipinski definition) is 4. The Morgan fingerprint density at radius 1 is 1.21 bits per heavy atom. The van der Waals surface area contributed by atoms with Gasteiger partial charge in [-0.15, -0.1) is 0 Å². The molecule has 0 radical (unpaired) electrons. The first kappa shape index (κ1) is 17.8. The van der Waals surface area contributed by atoms with E-state index in [9.17, 15) is 18.4 Å². The third-order valence-electron chi connectivity index (χ3n) is 4.54. The molecule has 0 atom stereocenters. The van der Waals surface area contributed by atoms with Gasteiger partial charge in [0.2, 0.25) is 0 Å². The van der Waals surface area contributed by atoms with Crippen LogP contribution < -0.4 is 10.3 Å². The van der Waals surface area contributed by atoms with Crippen LogP contribution in [0.4, 0.5) is 8.78 Å². The average Bonchev–Trinajstić information content (AvgIpc) is 3.05. The van der Waals surface area contributed by atoms with E-state index in [0.29, 0.717) is 29.7 Å². The van der Waals surface area contributed by atoms with Crippen molar-refractivity contribution >= 4 is 28.5 Å². The Labute approximate surface area is 157 Å². The van der Waals surface area contributed by atoms with Crippen LogP contribution in [0.3, 0.4) is 0 Å². The van der Waals surface area contributed by atoms with Crippen LogP contribution in [0.25, 0.3) is 22.6 Å². The van der Waals surface area contributed by atoms with Crippen molar-refractivity contribution in [2.24, 2.45) is 0 Å². The van der Waals surface area contributed by atoms with Crippen LogP contribution in [0.2, 0.25) is 0 Å². The van der Waals surface area contributed by atoms with Crippen LogP contribution >= 0.6 is 0 Å². The van der Waals surface area contributed by atoms with Gasteiger partial charge in [0.25, 0.3) is 5.56 Å². The van der Waals surface area contributed by atoms with Crippen molar-refractivity contribution in [2.75, 3.05) is 0 Å². The van der Waals surface area contributed by atoms with E-state index in [1.165, 1.54) is 30.3 Å². The SMILES string of the molecule is O=C(O)c1ccc2c(=O)n3c(nc2c1)C(=Cc1ccc(OC(F)F)cc1)CC3. The van der Waals surface area contributed by atoms with Crippen molar-refractivity contribution in [1.29, 1.82) is 0 Å². The number of aromatic carboxylic acids is 1. The highest BCUT2D eigenvalue weighted by molar-refractivity contribution is 5.93. The standard InChI is InChI=1S/C20H14F2N2O4/c21-20(22)28-14-4-1-11(2-5-14)9-12-7-8-24-17(12)23-16-10-13(19(26)27)3-6-15(16)18(24)25/h1-6,9-10,20H,7-8H2,(H,26,27). The summed E-state index contributed by atoms with van der Waals surface area (Å²) in [6, 6.07) is 10.4. The van der Waals surface area contributed by atoms with Gasteiger partial charge in [-0.3, -0.25) is 9.36 Å². The maximum Gasteiger partial charge on any atom is 0.387 e. The monoisotopic (exact) mass is 384 g/mol. The van der Waals surface area contributed by atoms with Crippen molar-refractivity contribution in [3.05, 3.63) is 69.8 Å². The number of carbonyl (C=O) groups is 1. The molecule has 4 rings (SSSR count). The predicted octanol–water partition coefficient (Wildman–Crippen LogP) is 3.64. The topological polar surface area (TPSA) is 81.4 Å². The van der Waals surface area contributed by atoms with E-state index in [1.807, 2.05) is 6.08 Å². The molecule has 3 aromatic rings. The van der Waals surface area contributed by atoms with Gasteiger partial charge in [-0.05, 0) is 54.0 Å². The van der Waals surface area contributed by atoms with Gasteiger partial charge in [0.15, 0.2) is 0 Å². The molecule has 1 N–H and O–H groups in total. The maximum atomic E-state index is 12.7. The van der Waals surface area contributed by atoms with E-state index in [1.54, 1.807) is 16.7 Å². The molecule has 1 aromatic heterocycles. The fourth-order valence-electron chi connectivity index (χ4n) is 3.23. The van der Waals surface area contributed by atoms with Gasteiger partial charge >= 0.3 is 12.6 Å². The minimum atomic E-state index is -2.88. The summed E-state index contributed by atoms with van der Waals surface area (Å²) in [5, 5.41) is 9.52. The molecule has 1 aliphatic heterocycles. The molecule has 0 bridgehead atoms. The van der Waals surface area contributed by atoms with Gasteiger partial charge in [-0.2, -0.15) is 8.78 Å². The Balaban J connectivity index is 1.75. The molecule has 1 aliphatic rings. The van der Waals surface area contributed by atoms with Gasteiger partial charge in [0.1, 0.15) is 11.6 Å². The largest absolute Gasteiger partial charge is 0.478 e. The second-order valence-corrected chi connectivity index (χ2v) is 6.30. The number of nitrogens with zero attached hydrogens (tertiary/aromatic N) is 2. The molecule has 0 spiro atoms. The summed E-state index contributed by atoms with van der Waals surface area (Å²) >= 11 is 0. The zero-order valence-electron chi connectivity index (χ0n) is 14.4. The van der Waals surface area contributed by atoms with Crippen molar-refractivity contribution in [3.63, 3.8) is 0 Å². The molecule has 0 unspecified atom stereocenters. The van der Waals surface area contributed by atoms with Crippen LogP contribution in [-0.2, 0) is 6.54 Å². The minimum Gasteiger partial charge on any atom is -0.478 e. The first-order valence-corrected chi connectivity index (χ1v) is 8.46. The summed E-state index contributed by atoms with van der Waals surface area (Å²) in [5.41, 5.74) is 1.72. The summed E-state index contributed by atoms with van der Waals surface area (Å²) in [5.74, 6) is -0.551. The molecule has 8 heteroatoms.